The molecular weight excluding hydrogens is 325 g/mol. The maximum Gasteiger partial charge on any atom is 0.530 e. The quantitative estimate of drug-likeness (QED) is 0.439. The zero-order valence-corrected chi connectivity index (χ0v) is 13.7. The minimum atomic E-state index is -3.63. The van der Waals surface area contributed by atoms with E-state index < -0.39 is 25.9 Å². The number of carbonyl (C=O) groups excluding carboxylic acids is 2. The second-order valence-electron chi connectivity index (χ2n) is 4.63. The van der Waals surface area contributed by atoms with Crippen LogP contribution in [0, 0.1) is 0 Å². The van der Waals surface area contributed by atoms with Crippen LogP contribution in [0.15, 0.2) is 24.3 Å². The van der Waals surface area contributed by atoms with Crippen molar-refractivity contribution in [2.45, 2.75) is 26.3 Å². The number of nitrogens with one attached hydrogen (secondary N) is 1. The summed E-state index contributed by atoms with van der Waals surface area (Å²) in [4.78, 5) is 22.3. The molecule has 1 heterocycles. The first kappa shape index (κ1) is 17.5. The van der Waals surface area contributed by atoms with Gasteiger partial charge in [-0.15, -0.1) is 0 Å². The van der Waals surface area contributed by atoms with Crippen molar-refractivity contribution in [1.29, 1.82) is 0 Å². The van der Waals surface area contributed by atoms with Gasteiger partial charge in [0.05, 0.1) is 13.2 Å². The van der Waals surface area contributed by atoms with Gasteiger partial charge in [0.1, 0.15) is 11.8 Å². The largest absolute Gasteiger partial charge is 0.530 e. The van der Waals surface area contributed by atoms with Gasteiger partial charge in [-0.1, -0.05) is 12.1 Å². The number of benzene rings is 1. The Kier molecular flexibility index (Phi) is 5.76. The number of cyclic esters (lactones) is 2. The number of amides is 1. The van der Waals surface area contributed by atoms with Gasteiger partial charge in [-0.2, -0.15) is 0 Å². The minimum Gasteiger partial charge on any atom is -0.404 e. The van der Waals surface area contributed by atoms with Crippen LogP contribution >= 0.6 is 7.82 Å². The van der Waals surface area contributed by atoms with Crippen LogP contribution in [0.3, 0.4) is 0 Å². The fraction of sp³-hybridized carbons (Fsp3) is 0.429. The molecule has 0 aliphatic carbocycles. The highest BCUT2D eigenvalue weighted by molar-refractivity contribution is 7.48. The van der Waals surface area contributed by atoms with Crippen molar-refractivity contribution in [3.8, 4) is 5.75 Å². The van der Waals surface area contributed by atoms with Crippen LogP contribution in [0.1, 0.15) is 19.4 Å². The molecule has 0 bridgehead atoms. The van der Waals surface area contributed by atoms with E-state index >= 15 is 0 Å². The Balaban J connectivity index is 2.00. The van der Waals surface area contributed by atoms with Gasteiger partial charge >= 0.3 is 19.9 Å². The topological polar surface area (TPSA) is 100 Å². The Morgan fingerprint density at radius 1 is 1.13 bits per heavy atom. The standard InChI is InChI=1S/C14H18NO7P/c1-3-19-23(18,20-4-2)22-11-7-5-10(6-8-11)9-12-13(16)21-14(17)15-12/h5-8,12H,3-4,9H2,1-2H3,(H,15,17)/t12-/m0/s1. The van der Waals surface area contributed by atoms with E-state index in [1.54, 1.807) is 38.1 Å². The molecular formula is C14H18NO7P. The molecule has 1 N–H and O–H groups in total. The molecule has 126 valence electrons. The third-order valence-electron chi connectivity index (χ3n) is 2.92. The maximum absolute atomic E-state index is 12.2. The molecule has 9 heteroatoms. The Labute approximate surface area is 133 Å². The van der Waals surface area contributed by atoms with Crippen molar-refractivity contribution in [1.82, 2.24) is 5.32 Å². The van der Waals surface area contributed by atoms with E-state index in [0.29, 0.717) is 12.2 Å². The predicted octanol–water partition coefficient (Wildman–Crippen LogP) is 2.42. The molecule has 1 aromatic rings. The van der Waals surface area contributed by atoms with Crippen LogP contribution in [0.5, 0.6) is 5.75 Å². The molecule has 8 nitrogen and oxygen atoms in total. The lowest BCUT2D eigenvalue weighted by Gasteiger charge is -2.17. The van der Waals surface area contributed by atoms with E-state index in [2.05, 4.69) is 10.1 Å². The summed E-state index contributed by atoms with van der Waals surface area (Å²) in [5.41, 5.74) is 0.782. The summed E-state index contributed by atoms with van der Waals surface area (Å²) in [6.07, 6.45) is -0.450. The summed E-state index contributed by atoms with van der Waals surface area (Å²) in [5.74, 6) is -0.287. The monoisotopic (exact) mass is 343 g/mol. The number of ether oxygens (including phenoxy) is 1. The lowest BCUT2D eigenvalue weighted by Crippen LogP contribution is -2.30. The first-order valence-corrected chi connectivity index (χ1v) is 8.61. The van der Waals surface area contributed by atoms with Crippen molar-refractivity contribution < 1.29 is 32.5 Å². The number of hydrogen-bond donors (Lipinski definition) is 1. The molecule has 0 unspecified atom stereocenters. The highest BCUT2D eigenvalue weighted by Gasteiger charge is 2.32. The number of rotatable bonds is 8. The van der Waals surface area contributed by atoms with E-state index in [9.17, 15) is 14.2 Å². The minimum absolute atomic E-state index is 0.193. The van der Waals surface area contributed by atoms with Crippen molar-refractivity contribution in [2.75, 3.05) is 13.2 Å². The van der Waals surface area contributed by atoms with Crippen LogP contribution in [0.2, 0.25) is 0 Å². The lowest BCUT2D eigenvalue weighted by molar-refractivity contribution is -0.135. The average Bonchev–Trinajstić information content (AvgIpc) is 2.79. The third kappa shape index (κ3) is 4.79. The van der Waals surface area contributed by atoms with Crippen LogP contribution in [-0.4, -0.2) is 31.3 Å². The molecule has 1 atom stereocenters. The normalized spacial score (nSPS) is 17.7. The predicted molar refractivity (Wildman–Crippen MR) is 80.0 cm³/mol. The number of esters is 1. The second-order valence-corrected chi connectivity index (χ2v) is 6.22. The van der Waals surface area contributed by atoms with Crippen molar-refractivity contribution in [3.05, 3.63) is 29.8 Å². The van der Waals surface area contributed by atoms with E-state index in [-0.39, 0.29) is 13.2 Å². The van der Waals surface area contributed by atoms with Gasteiger partial charge in [0.2, 0.25) is 0 Å². The fourth-order valence-corrected chi connectivity index (χ4v) is 3.18. The zero-order chi connectivity index (χ0) is 16.9. The van der Waals surface area contributed by atoms with Gasteiger partial charge < -0.3 is 14.6 Å². The number of phosphoric acid groups is 1. The van der Waals surface area contributed by atoms with Crippen molar-refractivity contribution in [2.24, 2.45) is 0 Å². The van der Waals surface area contributed by atoms with E-state index in [4.69, 9.17) is 13.6 Å². The molecule has 1 fully saturated rings. The van der Waals surface area contributed by atoms with Crippen molar-refractivity contribution >= 4 is 19.9 Å². The summed E-state index contributed by atoms with van der Waals surface area (Å²) in [6.45, 7) is 3.76. The van der Waals surface area contributed by atoms with Gasteiger partial charge in [-0.3, -0.25) is 9.05 Å². The maximum atomic E-state index is 12.2. The molecule has 0 saturated carbocycles. The van der Waals surface area contributed by atoms with Gasteiger partial charge in [-0.05, 0) is 31.5 Å². The number of hydrogen-bond acceptors (Lipinski definition) is 7. The molecule has 1 aromatic carbocycles. The van der Waals surface area contributed by atoms with E-state index in [1.807, 2.05) is 0 Å². The zero-order valence-electron chi connectivity index (χ0n) is 12.8. The Hall–Kier alpha value is -1.89. The second kappa shape index (κ2) is 7.59. The molecule has 1 saturated heterocycles. The fourth-order valence-electron chi connectivity index (χ4n) is 1.98. The molecule has 0 aromatic heterocycles. The van der Waals surface area contributed by atoms with Crippen LogP contribution < -0.4 is 9.84 Å². The van der Waals surface area contributed by atoms with E-state index in [0.717, 1.165) is 5.56 Å². The van der Waals surface area contributed by atoms with Gasteiger partial charge in [0.25, 0.3) is 0 Å². The van der Waals surface area contributed by atoms with Gasteiger partial charge in [-0.25, -0.2) is 14.2 Å². The van der Waals surface area contributed by atoms with Gasteiger partial charge in [0, 0.05) is 6.42 Å². The summed E-state index contributed by atoms with van der Waals surface area (Å²) in [7, 11) is -3.63. The Bertz CT molecular complexity index is 606. The molecule has 0 radical (unpaired) electrons. The smallest absolute Gasteiger partial charge is 0.404 e. The molecule has 1 amide bonds. The van der Waals surface area contributed by atoms with Crippen LogP contribution in [0.4, 0.5) is 4.79 Å². The average molecular weight is 343 g/mol. The SMILES string of the molecule is CCOP(=O)(OCC)Oc1ccc(C[C@@H]2NC(=O)OC2=O)cc1. The summed E-state index contributed by atoms with van der Waals surface area (Å²) in [6, 6.07) is 5.85. The summed E-state index contributed by atoms with van der Waals surface area (Å²) in [5, 5.41) is 2.41. The first-order valence-electron chi connectivity index (χ1n) is 7.15. The van der Waals surface area contributed by atoms with Gasteiger partial charge in [0.15, 0.2) is 0 Å². The summed E-state index contributed by atoms with van der Waals surface area (Å²) < 4.78 is 32.0. The first-order chi connectivity index (χ1) is 11.0. The van der Waals surface area contributed by atoms with Crippen LogP contribution in [0.25, 0.3) is 0 Å². The van der Waals surface area contributed by atoms with Crippen molar-refractivity contribution in [3.63, 3.8) is 0 Å². The highest BCUT2D eigenvalue weighted by Crippen LogP contribution is 2.49. The lowest BCUT2D eigenvalue weighted by atomic mass is 10.1. The Morgan fingerprint density at radius 2 is 1.74 bits per heavy atom. The number of phosphoric ester groups is 1. The molecule has 0 spiro atoms. The molecule has 23 heavy (non-hydrogen) atoms. The molecule has 1 aliphatic rings. The Morgan fingerprint density at radius 3 is 2.22 bits per heavy atom. The number of alkyl carbamates (subject to hydrolysis) is 1. The third-order valence-corrected chi connectivity index (χ3v) is 4.51. The van der Waals surface area contributed by atoms with Crippen LogP contribution in [-0.2, 0) is 29.6 Å². The number of carbonyl (C=O) groups is 2. The molecule has 1 aliphatic heterocycles. The summed E-state index contributed by atoms with van der Waals surface area (Å²) >= 11 is 0. The molecule has 2 rings (SSSR count). The van der Waals surface area contributed by atoms with E-state index in [1.165, 1.54) is 0 Å². The highest BCUT2D eigenvalue weighted by atomic mass is 31.2.